The molecule has 3 amide bonds. The summed E-state index contributed by atoms with van der Waals surface area (Å²) in [5.74, 6) is -0.198. The van der Waals surface area contributed by atoms with Crippen LogP contribution in [0.4, 0.5) is 16.2 Å². The van der Waals surface area contributed by atoms with Crippen molar-refractivity contribution >= 4 is 39.2 Å². The number of nitrogens with one attached hydrogen (secondary N) is 1. The molecule has 1 heterocycles. The van der Waals surface area contributed by atoms with Gasteiger partial charge < -0.3 is 10.2 Å². The molecule has 0 radical (unpaired) electrons. The fraction of sp³-hybridized carbons (Fsp3) is 0.222. The van der Waals surface area contributed by atoms with Crippen LogP contribution in [0.1, 0.15) is 5.56 Å². The van der Waals surface area contributed by atoms with Gasteiger partial charge in [-0.2, -0.15) is 0 Å². The summed E-state index contributed by atoms with van der Waals surface area (Å²) < 4.78 is 0.948. The lowest BCUT2D eigenvalue weighted by Gasteiger charge is -2.18. The molecule has 0 aliphatic carbocycles. The highest BCUT2D eigenvalue weighted by molar-refractivity contribution is 9.10. The molecule has 0 saturated carbocycles. The van der Waals surface area contributed by atoms with Crippen LogP contribution in [0.15, 0.2) is 53.0 Å². The summed E-state index contributed by atoms with van der Waals surface area (Å²) in [5, 5.41) is 2.81. The minimum Gasteiger partial charge on any atom is -0.325 e. The number of amides is 3. The van der Waals surface area contributed by atoms with Gasteiger partial charge in [-0.25, -0.2) is 4.79 Å². The standard InChI is InChI=1S/C18H18BrN3O2/c1-13-2-8-16(9-3-13)22-11-10-21(18(22)24)12-17(23)20-15-6-4-14(19)5-7-15/h2-9H,10-12H2,1H3,(H,20,23). The topological polar surface area (TPSA) is 52.6 Å². The molecule has 1 aliphatic rings. The summed E-state index contributed by atoms with van der Waals surface area (Å²) >= 11 is 3.35. The number of benzene rings is 2. The molecular formula is C18H18BrN3O2. The molecule has 24 heavy (non-hydrogen) atoms. The van der Waals surface area contributed by atoms with E-state index in [9.17, 15) is 9.59 Å². The van der Waals surface area contributed by atoms with E-state index in [0.717, 1.165) is 15.7 Å². The molecule has 2 aromatic rings. The molecule has 124 valence electrons. The first-order valence-electron chi connectivity index (χ1n) is 7.71. The Balaban J connectivity index is 1.60. The predicted octanol–water partition coefficient (Wildman–Crippen LogP) is 3.64. The summed E-state index contributed by atoms with van der Waals surface area (Å²) in [6.07, 6.45) is 0. The summed E-state index contributed by atoms with van der Waals surface area (Å²) in [4.78, 5) is 27.9. The third-order valence-corrected chi connectivity index (χ3v) is 4.43. The van der Waals surface area contributed by atoms with Crippen LogP contribution < -0.4 is 10.2 Å². The number of anilines is 2. The molecule has 6 heteroatoms. The molecule has 1 fully saturated rings. The number of carbonyl (C=O) groups excluding carboxylic acids is 2. The Bertz CT molecular complexity index is 744. The first-order chi connectivity index (χ1) is 11.5. The van der Waals surface area contributed by atoms with E-state index < -0.39 is 0 Å². The van der Waals surface area contributed by atoms with E-state index in [0.29, 0.717) is 18.8 Å². The quantitative estimate of drug-likeness (QED) is 0.870. The van der Waals surface area contributed by atoms with Crippen molar-refractivity contribution < 1.29 is 9.59 Å². The summed E-state index contributed by atoms with van der Waals surface area (Å²) in [7, 11) is 0. The van der Waals surface area contributed by atoms with Crippen molar-refractivity contribution in [2.75, 3.05) is 29.9 Å². The lowest BCUT2D eigenvalue weighted by molar-refractivity contribution is -0.116. The molecule has 3 rings (SSSR count). The zero-order valence-electron chi connectivity index (χ0n) is 13.3. The Labute approximate surface area is 149 Å². The largest absolute Gasteiger partial charge is 0.325 e. The average molecular weight is 388 g/mol. The van der Waals surface area contributed by atoms with Gasteiger partial charge in [0.05, 0.1) is 0 Å². The average Bonchev–Trinajstić information content (AvgIpc) is 2.91. The highest BCUT2D eigenvalue weighted by atomic mass is 79.9. The molecule has 1 aliphatic heterocycles. The van der Waals surface area contributed by atoms with Gasteiger partial charge in [0.25, 0.3) is 0 Å². The summed E-state index contributed by atoms with van der Waals surface area (Å²) in [6.45, 7) is 3.19. The number of urea groups is 1. The Kier molecular flexibility index (Phi) is 4.85. The Morgan fingerprint density at radius 3 is 2.42 bits per heavy atom. The van der Waals surface area contributed by atoms with Crippen LogP contribution in [0.2, 0.25) is 0 Å². The molecule has 0 aromatic heterocycles. The van der Waals surface area contributed by atoms with Gasteiger partial charge in [-0.3, -0.25) is 9.69 Å². The van der Waals surface area contributed by atoms with E-state index >= 15 is 0 Å². The first kappa shape index (κ1) is 16.5. The van der Waals surface area contributed by atoms with Crippen LogP contribution in [-0.4, -0.2) is 36.5 Å². The number of halogens is 1. The van der Waals surface area contributed by atoms with Gasteiger partial charge in [0.1, 0.15) is 6.54 Å². The van der Waals surface area contributed by atoms with Crippen LogP contribution in [0, 0.1) is 6.92 Å². The van der Waals surface area contributed by atoms with Crippen molar-refractivity contribution in [3.8, 4) is 0 Å². The monoisotopic (exact) mass is 387 g/mol. The Morgan fingerprint density at radius 2 is 1.75 bits per heavy atom. The predicted molar refractivity (Wildman–Crippen MR) is 98.3 cm³/mol. The summed E-state index contributed by atoms with van der Waals surface area (Å²) in [6, 6.07) is 15.0. The maximum absolute atomic E-state index is 12.5. The Hall–Kier alpha value is -2.34. The lowest BCUT2D eigenvalue weighted by Crippen LogP contribution is -2.37. The number of hydrogen-bond acceptors (Lipinski definition) is 2. The van der Waals surface area contributed by atoms with E-state index in [1.165, 1.54) is 0 Å². The third-order valence-electron chi connectivity index (χ3n) is 3.90. The van der Waals surface area contributed by atoms with Crippen molar-refractivity contribution in [1.29, 1.82) is 0 Å². The second-order valence-corrected chi connectivity index (χ2v) is 6.66. The minimum atomic E-state index is -0.198. The van der Waals surface area contributed by atoms with E-state index in [1.807, 2.05) is 55.5 Å². The van der Waals surface area contributed by atoms with Crippen molar-refractivity contribution in [1.82, 2.24) is 4.90 Å². The molecule has 1 saturated heterocycles. The molecular weight excluding hydrogens is 370 g/mol. The SMILES string of the molecule is Cc1ccc(N2CCN(CC(=O)Nc3ccc(Br)cc3)C2=O)cc1. The Morgan fingerprint density at radius 1 is 1.08 bits per heavy atom. The van der Waals surface area contributed by atoms with Crippen molar-refractivity contribution in [2.24, 2.45) is 0 Å². The second kappa shape index (κ2) is 7.05. The van der Waals surface area contributed by atoms with Gasteiger partial charge >= 0.3 is 6.03 Å². The first-order valence-corrected chi connectivity index (χ1v) is 8.51. The molecule has 5 nitrogen and oxygen atoms in total. The fourth-order valence-corrected chi connectivity index (χ4v) is 2.87. The van der Waals surface area contributed by atoms with Gasteiger partial charge in [-0.15, -0.1) is 0 Å². The number of nitrogens with zero attached hydrogens (tertiary/aromatic N) is 2. The van der Waals surface area contributed by atoms with Crippen molar-refractivity contribution in [2.45, 2.75) is 6.92 Å². The minimum absolute atomic E-state index is 0.0528. The van der Waals surface area contributed by atoms with Crippen LogP contribution >= 0.6 is 15.9 Å². The van der Waals surface area contributed by atoms with Gasteiger partial charge in [-0.05, 0) is 43.3 Å². The highest BCUT2D eigenvalue weighted by Gasteiger charge is 2.30. The van der Waals surface area contributed by atoms with E-state index in [1.54, 1.807) is 9.80 Å². The van der Waals surface area contributed by atoms with E-state index in [4.69, 9.17) is 0 Å². The van der Waals surface area contributed by atoms with Gasteiger partial charge in [0.2, 0.25) is 5.91 Å². The van der Waals surface area contributed by atoms with Crippen molar-refractivity contribution in [3.05, 3.63) is 58.6 Å². The van der Waals surface area contributed by atoms with Crippen molar-refractivity contribution in [3.63, 3.8) is 0 Å². The van der Waals surface area contributed by atoms with Gasteiger partial charge in [0, 0.05) is 28.9 Å². The number of carbonyl (C=O) groups is 2. The molecule has 1 N–H and O–H groups in total. The van der Waals surface area contributed by atoms with Crippen LogP contribution in [-0.2, 0) is 4.79 Å². The lowest BCUT2D eigenvalue weighted by atomic mass is 10.2. The summed E-state index contributed by atoms with van der Waals surface area (Å²) in [5.41, 5.74) is 2.72. The molecule has 0 atom stereocenters. The van der Waals surface area contributed by atoms with Crippen LogP contribution in [0.3, 0.4) is 0 Å². The number of hydrogen-bond donors (Lipinski definition) is 1. The smallest absolute Gasteiger partial charge is 0.325 e. The molecule has 2 aromatic carbocycles. The molecule has 0 unspecified atom stereocenters. The molecule has 0 bridgehead atoms. The maximum Gasteiger partial charge on any atom is 0.325 e. The third kappa shape index (κ3) is 3.76. The second-order valence-electron chi connectivity index (χ2n) is 5.75. The highest BCUT2D eigenvalue weighted by Crippen LogP contribution is 2.21. The van der Waals surface area contributed by atoms with E-state index in [-0.39, 0.29) is 18.5 Å². The fourth-order valence-electron chi connectivity index (χ4n) is 2.60. The number of aryl methyl sites for hydroxylation is 1. The normalized spacial score (nSPS) is 14.2. The van der Waals surface area contributed by atoms with E-state index in [2.05, 4.69) is 21.2 Å². The zero-order valence-corrected chi connectivity index (χ0v) is 14.9. The maximum atomic E-state index is 12.5. The molecule has 0 spiro atoms. The van der Waals surface area contributed by atoms with Gasteiger partial charge in [0.15, 0.2) is 0 Å². The number of rotatable bonds is 4. The van der Waals surface area contributed by atoms with Gasteiger partial charge in [-0.1, -0.05) is 33.6 Å². The van der Waals surface area contributed by atoms with Crippen LogP contribution in [0.25, 0.3) is 0 Å². The zero-order chi connectivity index (χ0) is 17.1. The van der Waals surface area contributed by atoms with Crippen LogP contribution in [0.5, 0.6) is 0 Å².